The molecule has 0 aliphatic carbocycles. The molecule has 0 aromatic heterocycles. The second-order valence-electron chi connectivity index (χ2n) is 4.46. The van der Waals surface area contributed by atoms with Crippen LogP contribution in [0.3, 0.4) is 0 Å². The molecular weight excluding hydrogens is 246 g/mol. The zero-order valence-electron chi connectivity index (χ0n) is 10.9. The minimum atomic E-state index is 0.715. The first-order chi connectivity index (χ1) is 8.88. The molecule has 1 aliphatic heterocycles. The molecule has 1 unspecified atom stereocenters. The normalized spacial score (nSPS) is 19.1. The summed E-state index contributed by atoms with van der Waals surface area (Å²) >= 11 is 1.86. The van der Waals surface area contributed by atoms with Crippen molar-refractivity contribution in [3.05, 3.63) is 24.3 Å². The van der Waals surface area contributed by atoms with Gasteiger partial charge in [-0.1, -0.05) is 6.07 Å². The van der Waals surface area contributed by atoms with Crippen molar-refractivity contribution in [2.75, 3.05) is 39.2 Å². The first-order valence-electron chi connectivity index (χ1n) is 6.44. The van der Waals surface area contributed by atoms with Gasteiger partial charge in [-0.25, -0.2) is 0 Å². The zero-order valence-corrected chi connectivity index (χ0v) is 11.7. The molecule has 1 aliphatic rings. The average molecular weight is 267 g/mol. The molecule has 1 atom stereocenters. The Balaban J connectivity index is 1.59. The molecule has 4 heteroatoms. The first kappa shape index (κ1) is 13.7. The van der Waals surface area contributed by atoms with E-state index in [1.807, 2.05) is 23.9 Å². The fourth-order valence-corrected chi connectivity index (χ4v) is 2.84. The molecule has 0 bridgehead atoms. The lowest BCUT2D eigenvalue weighted by Crippen LogP contribution is -2.25. The number of benzene rings is 1. The predicted molar refractivity (Wildman–Crippen MR) is 75.5 cm³/mol. The Bertz CT molecular complexity index is 353. The van der Waals surface area contributed by atoms with Crippen molar-refractivity contribution in [1.29, 1.82) is 0 Å². The van der Waals surface area contributed by atoms with Crippen LogP contribution in [0.1, 0.15) is 6.42 Å². The van der Waals surface area contributed by atoms with Crippen molar-refractivity contribution < 1.29 is 9.47 Å². The van der Waals surface area contributed by atoms with E-state index in [1.165, 1.54) is 11.3 Å². The van der Waals surface area contributed by atoms with Crippen LogP contribution in [0.4, 0.5) is 0 Å². The Kier molecular flexibility index (Phi) is 5.84. The molecule has 0 saturated carbocycles. The third-order valence-corrected chi connectivity index (χ3v) is 4.04. The number of thioether (sulfide) groups is 1. The van der Waals surface area contributed by atoms with Gasteiger partial charge in [0.2, 0.25) is 0 Å². The van der Waals surface area contributed by atoms with E-state index >= 15 is 0 Å². The summed E-state index contributed by atoms with van der Waals surface area (Å²) in [5.41, 5.74) is 0. The van der Waals surface area contributed by atoms with Gasteiger partial charge >= 0.3 is 0 Å². The smallest absolute Gasteiger partial charge is 0.119 e. The van der Waals surface area contributed by atoms with E-state index in [4.69, 9.17) is 9.47 Å². The molecule has 1 N–H and O–H groups in total. The van der Waals surface area contributed by atoms with E-state index in [9.17, 15) is 0 Å². The summed E-state index contributed by atoms with van der Waals surface area (Å²) in [6.45, 7) is 3.98. The Morgan fingerprint density at radius 3 is 3.22 bits per heavy atom. The fourth-order valence-electron chi connectivity index (χ4n) is 1.98. The molecule has 0 spiro atoms. The van der Waals surface area contributed by atoms with Gasteiger partial charge in [0.1, 0.15) is 5.75 Å². The van der Waals surface area contributed by atoms with Crippen LogP contribution in [0.2, 0.25) is 0 Å². The van der Waals surface area contributed by atoms with Gasteiger partial charge in [-0.3, -0.25) is 0 Å². The van der Waals surface area contributed by atoms with Gasteiger partial charge < -0.3 is 14.8 Å². The van der Waals surface area contributed by atoms with Crippen LogP contribution in [0, 0.1) is 5.92 Å². The van der Waals surface area contributed by atoms with E-state index in [0.717, 1.165) is 37.8 Å². The molecule has 2 rings (SSSR count). The second kappa shape index (κ2) is 7.67. The number of hydrogen-bond acceptors (Lipinski definition) is 4. The molecule has 18 heavy (non-hydrogen) atoms. The summed E-state index contributed by atoms with van der Waals surface area (Å²) in [4.78, 5) is 1.26. The van der Waals surface area contributed by atoms with Gasteiger partial charge in [0, 0.05) is 30.3 Å². The summed E-state index contributed by atoms with van der Waals surface area (Å²) in [7, 11) is 1.70. The van der Waals surface area contributed by atoms with Gasteiger partial charge in [0.15, 0.2) is 0 Å². The van der Waals surface area contributed by atoms with Crippen LogP contribution in [0.25, 0.3) is 0 Å². The number of hydrogen-bond donors (Lipinski definition) is 1. The lowest BCUT2D eigenvalue weighted by molar-refractivity contribution is 0.185. The molecule has 3 nitrogen and oxygen atoms in total. The van der Waals surface area contributed by atoms with E-state index in [-0.39, 0.29) is 0 Å². The summed E-state index contributed by atoms with van der Waals surface area (Å²) in [5, 5.41) is 3.49. The summed E-state index contributed by atoms with van der Waals surface area (Å²) < 4.78 is 10.6. The monoisotopic (exact) mass is 267 g/mol. The van der Waals surface area contributed by atoms with E-state index in [1.54, 1.807) is 7.11 Å². The van der Waals surface area contributed by atoms with Gasteiger partial charge in [-0.15, -0.1) is 11.8 Å². The number of nitrogens with one attached hydrogen (secondary N) is 1. The largest absolute Gasteiger partial charge is 0.497 e. The summed E-state index contributed by atoms with van der Waals surface area (Å²) in [6.07, 6.45) is 1.20. The van der Waals surface area contributed by atoms with Gasteiger partial charge in [-0.05, 0) is 30.5 Å². The highest BCUT2D eigenvalue weighted by atomic mass is 32.2. The highest BCUT2D eigenvalue weighted by Gasteiger charge is 2.14. The quantitative estimate of drug-likeness (QED) is 0.607. The van der Waals surface area contributed by atoms with E-state index in [2.05, 4.69) is 17.4 Å². The maximum absolute atomic E-state index is 5.35. The average Bonchev–Trinajstić information content (AvgIpc) is 2.92. The highest BCUT2D eigenvalue weighted by molar-refractivity contribution is 7.99. The predicted octanol–water partition coefficient (Wildman–Crippen LogP) is 2.41. The van der Waals surface area contributed by atoms with Crippen LogP contribution in [0.5, 0.6) is 5.75 Å². The molecule has 1 aromatic carbocycles. The second-order valence-corrected chi connectivity index (χ2v) is 5.63. The maximum atomic E-state index is 5.35. The SMILES string of the molecule is COc1cccc(SCCNCC2CCOC2)c1. The molecule has 1 fully saturated rings. The standard InChI is InChI=1S/C14H21NO2S/c1-16-13-3-2-4-14(9-13)18-8-6-15-10-12-5-7-17-11-12/h2-4,9,12,15H,5-8,10-11H2,1H3. The van der Waals surface area contributed by atoms with Crippen LogP contribution < -0.4 is 10.1 Å². The minimum Gasteiger partial charge on any atom is -0.497 e. The number of rotatable bonds is 7. The third-order valence-electron chi connectivity index (χ3n) is 3.05. The summed E-state index contributed by atoms with van der Waals surface area (Å²) in [5.74, 6) is 2.73. The maximum Gasteiger partial charge on any atom is 0.119 e. The molecule has 100 valence electrons. The lowest BCUT2D eigenvalue weighted by atomic mass is 10.1. The van der Waals surface area contributed by atoms with Crippen molar-refractivity contribution in [1.82, 2.24) is 5.32 Å². The van der Waals surface area contributed by atoms with E-state index < -0.39 is 0 Å². The molecular formula is C14H21NO2S. The zero-order chi connectivity index (χ0) is 12.6. The van der Waals surface area contributed by atoms with Crippen molar-refractivity contribution in [2.45, 2.75) is 11.3 Å². The Hall–Kier alpha value is -0.710. The number of ether oxygens (including phenoxy) is 2. The van der Waals surface area contributed by atoms with Crippen LogP contribution in [-0.4, -0.2) is 39.2 Å². The Labute approximate surface area is 113 Å². The van der Waals surface area contributed by atoms with Gasteiger partial charge in [0.25, 0.3) is 0 Å². The third kappa shape index (κ3) is 4.52. The van der Waals surface area contributed by atoms with Crippen molar-refractivity contribution in [3.8, 4) is 5.75 Å². The molecule has 1 saturated heterocycles. The lowest BCUT2D eigenvalue weighted by Gasteiger charge is -2.09. The summed E-state index contributed by atoms with van der Waals surface area (Å²) in [6, 6.07) is 8.21. The number of methoxy groups -OCH3 is 1. The van der Waals surface area contributed by atoms with Crippen LogP contribution in [-0.2, 0) is 4.74 Å². The van der Waals surface area contributed by atoms with Crippen molar-refractivity contribution >= 4 is 11.8 Å². The Morgan fingerprint density at radius 1 is 1.50 bits per heavy atom. The Morgan fingerprint density at radius 2 is 2.44 bits per heavy atom. The van der Waals surface area contributed by atoms with Gasteiger partial charge in [0.05, 0.1) is 13.7 Å². The fraction of sp³-hybridized carbons (Fsp3) is 0.571. The molecule has 0 radical (unpaired) electrons. The molecule has 1 heterocycles. The minimum absolute atomic E-state index is 0.715. The topological polar surface area (TPSA) is 30.5 Å². The van der Waals surface area contributed by atoms with Crippen molar-refractivity contribution in [3.63, 3.8) is 0 Å². The van der Waals surface area contributed by atoms with Crippen LogP contribution in [0.15, 0.2) is 29.2 Å². The van der Waals surface area contributed by atoms with Gasteiger partial charge in [-0.2, -0.15) is 0 Å². The van der Waals surface area contributed by atoms with Crippen molar-refractivity contribution in [2.24, 2.45) is 5.92 Å². The van der Waals surface area contributed by atoms with E-state index in [0.29, 0.717) is 5.92 Å². The molecule has 1 aromatic rings. The highest BCUT2D eigenvalue weighted by Crippen LogP contribution is 2.22. The first-order valence-corrected chi connectivity index (χ1v) is 7.42. The van der Waals surface area contributed by atoms with Crippen LogP contribution >= 0.6 is 11.8 Å². The molecule has 0 amide bonds.